The van der Waals surface area contributed by atoms with Crippen molar-refractivity contribution in [2.75, 3.05) is 11.1 Å². The van der Waals surface area contributed by atoms with Crippen LogP contribution in [0.5, 0.6) is 0 Å². The Morgan fingerprint density at radius 1 is 1.04 bits per heavy atom. The van der Waals surface area contributed by atoms with E-state index in [9.17, 15) is 4.79 Å². The van der Waals surface area contributed by atoms with Gasteiger partial charge in [0, 0.05) is 22.8 Å². The predicted octanol–water partition coefficient (Wildman–Crippen LogP) is 1.88. The lowest BCUT2D eigenvalue weighted by Crippen LogP contribution is -2.16. The minimum atomic E-state index is -0.204. The highest BCUT2D eigenvalue weighted by Crippen LogP contribution is 2.15. The fourth-order valence-corrected chi connectivity index (χ4v) is 2.90. The van der Waals surface area contributed by atoms with Crippen molar-refractivity contribution >= 4 is 29.4 Å². The summed E-state index contributed by atoms with van der Waals surface area (Å²) in [5.74, 6) is 0.817. The van der Waals surface area contributed by atoms with E-state index >= 15 is 0 Å². The van der Waals surface area contributed by atoms with Gasteiger partial charge in [-0.05, 0) is 39.8 Å². The molecule has 0 aliphatic carbocycles. The molecule has 0 aromatic carbocycles. The summed E-state index contributed by atoms with van der Waals surface area (Å²) in [4.78, 5) is 29.1. The highest BCUT2D eigenvalue weighted by atomic mass is 32.2. The van der Waals surface area contributed by atoms with Gasteiger partial charge in [0.2, 0.25) is 17.0 Å². The van der Waals surface area contributed by atoms with Crippen LogP contribution in [0.1, 0.15) is 22.8 Å². The Labute approximate surface area is 143 Å². The summed E-state index contributed by atoms with van der Waals surface area (Å²) in [6, 6.07) is 3.78. The van der Waals surface area contributed by atoms with E-state index in [0.29, 0.717) is 16.9 Å². The minimum absolute atomic E-state index is 0.172. The number of amides is 1. The SMILES string of the molecule is Cc1cc(C)nc(NC(=O)CSc2nc3nc(C)cc(C)n3n2)n1. The van der Waals surface area contributed by atoms with E-state index in [1.807, 2.05) is 39.8 Å². The number of anilines is 1. The van der Waals surface area contributed by atoms with Crippen LogP contribution in [0.4, 0.5) is 5.95 Å². The van der Waals surface area contributed by atoms with Crippen molar-refractivity contribution in [1.29, 1.82) is 0 Å². The van der Waals surface area contributed by atoms with Gasteiger partial charge in [-0.2, -0.15) is 4.98 Å². The molecule has 1 N–H and O–H groups in total. The standard InChI is InChI=1S/C15H17N7OS/c1-8-5-9(2)17-13(16-8)19-12(23)7-24-15-20-14-18-10(3)6-11(4)22(14)21-15/h5-6H,7H2,1-4H3,(H,16,17,19,23). The lowest BCUT2D eigenvalue weighted by Gasteiger charge is -2.04. The van der Waals surface area contributed by atoms with Gasteiger partial charge in [-0.25, -0.2) is 19.5 Å². The van der Waals surface area contributed by atoms with Crippen LogP contribution in [-0.2, 0) is 4.79 Å². The number of aryl methyl sites for hydroxylation is 4. The molecule has 124 valence electrons. The third kappa shape index (κ3) is 3.67. The van der Waals surface area contributed by atoms with Crippen LogP contribution in [0.25, 0.3) is 5.78 Å². The van der Waals surface area contributed by atoms with Crippen molar-refractivity contribution < 1.29 is 4.79 Å². The normalized spacial score (nSPS) is 11.0. The van der Waals surface area contributed by atoms with Gasteiger partial charge in [-0.15, -0.1) is 5.10 Å². The van der Waals surface area contributed by atoms with Crippen LogP contribution in [-0.4, -0.2) is 41.2 Å². The molecule has 0 saturated heterocycles. The predicted molar refractivity (Wildman–Crippen MR) is 91.1 cm³/mol. The Hall–Kier alpha value is -2.55. The maximum atomic E-state index is 12.1. The summed E-state index contributed by atoms with van der Waals surface area (Å²) in [5, 5.41) is 7.55. The van der Waals surface area contributed by atoms with Crippen molar-refractivity contribution in [3.05, 3.63) is 34.9 Å². The zero-order chi connectivity index (χ0) is 17.3. The molecule has 3 heterocycles. The van der Waals surface area contributed by atoms with E-state index in [0.717, 1.165) is 22.8 Å². The molecule has 0 fully saturated rings. The average Bonchev–Trinajstić information content (AvgIpc) is 2.87. The first-order chi connectivity index (χ1) is 11.4. The summed E-state index contributed by atoms with van der Waals surface area (Å²) in [7, 11) is 0. The lowest BCUT2D eigenvalue weighted by atomic mass is 10.4. The van der Waals surface area contributed by atoms with E-state index in [1.165, 1.54) is 11.8 Å². The third-order valence-electron chi connectivity index (χ3n) is 3.16. The van der Waals surface area contributed by atoms with Gasteiger partial charge in [0.05, 0.1) is 5.75 Å². The fraction of sp³-hybridized carbons (Fsp3) is 0.333. The highest BCUT2D eigenvalue weighted by Gasteiger charge is 2.11. The van der Waals surface area contributed by atoms with E-state index in [1.54, 1.807) is 4.52 Å². The Morgan fingerprint density at radius 2 is 1.71 bits per heavy atom. The van der Waals surface area contributed by atoms with Crippen LogP contribution >= 0.6 is 11.8 Å². The number of thioether (sulfide) groups is 1. The first kappa shape index (κ1) is 16.3. The molecule has 1 amide bonds. The van der Waals surface area contributed by atoms with Gasteiger partial charge in [0.15, 0.2) is 0 Å². The van der Waals surface area contributed by atoms with Crippen molar-refractivity contribution in [3.8, 4) is 0 Å². The monoisotopic (exact) mass is 343 g/mol. The molecule has 3 aromatic heterocycles. The zero-order valence-electron chi connectivity index (χ0n) is 13.9. The van der Waals surface area contributed by atoms with Gasteiger partial charge >= 0.3 is 0 Å². The lowest BCUT2D eigenvalue weighted by molar-refractivity contribution is -0.113. The molecule has 0 spiro atoms. The maximum absolute atomic E-state index is 12.1. The second-order valence-electron chi connectivity index (χ2n) is 5.46. The van der Waals surface area contributed by atoms with Crippen LogP contribution in [0.3, 0.4) is 0 Å². The summed E-state index contributed by atoms with van der Waals surface area (Å²) in [6.07, 6.45) is 0. The Morgan fingerprint density at radius 3 is 2.42 bits per heavy atom. The van der Waals surface area contributed by atoms with E-state index < -0.39 is 0 Å². The zero-order valence-corrected chi connectivity index (χ0v) is 14.7. The van der Waals surface area contributed by atoms with Gasteiger partial charge < -0.3 is 0 Å². The molecule has 0 saturated carbocycles. The first-order valence-corrected chi connectivity index (χ1v) is 8.35. The number of hydrogen-bond donors (Lipinski definition) is 1. The van der Waals surface area contributed by atoms with Gasteiger partial charge in [0.25, 0.3) is 5.78 Å². The average molecular weight is 343 g/mol. The molecule has 0 atom stereocenters. The van der Waals surface area contributed by atoms with Gasteiger partial charge in [-0.1, -0.05) is 11.8 Å². The van der Waals surface area contributed by atoms with E-state index in [-0.39, 0.29) is 11.7 Å². The molecule has 8 nitrogen and oxygen atoms in total. The molecule has 0 bridgehead atoms. The van der Waals surface area contributed by atoms with Crippen molar-refractivity contribution in [2.24, 2.45) is 0 Å². The maximum Gasteiger partial charge on any atom is 0.253 e. The molecular formula is C15H17N7OS. The third-order valence-corrected chi connectivity index (χ3v) is 4.00. The summed E-state index contributed by atoms with van der Waals surface area (Å²) in [5.41, 5.74) is 3.45. The van der Waals surface area contributed by atoms with Gasteiger partial charge in [-0.3, -0.25) is 10.1 Å². The van der Waals surface area contributed by atoms with E-state index in [4.69, 9.17) is 0 Å². The largest absolute Gasteiger partial charge is 0.294 e. The van der Waals surface area contributed by atoms with Crippen molar-refractivity contribution in [1.82, 2.24) is 29.5 Å². The summed E-state index contributed by atoms with van der Waals surface area (Å²) in [6.45, 7) is 7.56. The summed E-state index contributed by atoms with van der Waals surface area (Å²) >= 11 is 1.25. The highest BCUT2D eigenvalue weighted by molar-refractivity contribution is 7.99. The van der Waals surface area contributed by atoms with Crippen LogP contribution < -0.4 is 5.32 Å². The first-order valence-electron chi connectivity index (χ1n) is 7.36. The minimum Gasteiger partial charge on any atom is -0.294 e. The Balaban J connectivity index is 1.67. The Kier molecular flexibility index (Phi) is 4.43. The molecular weight excluding hydrogens is 326 g/mol. The topological polar surface area (TPSA) is 98.0 Å². The quantitative estimate of drug-likeness (QED) is 0.722. The molecule has 0 radical (unpaired) electrons. The number of fused-ring (bicyclic) bond motifs is 1. The number of carbonyl (C=O) groups is 1. The molecule has 0 aliphatic rings. The fourth-order valence-electron chi connectivity index (χ4n) is 2.28. The smallest absolute Gasteiger partial charge is 0.253 e. The second kappa shape index (κ2) is 6.52. The number of nitrogens with one attached hydrogen (secondary N) is 1. The number of hydrogen-bond acceptors (Lipinski definition) is 7. The van der Waals surface area contributed by atoms with Crippen LogP contribution in [0, 0.1) is 27.7 Å². The molecule has 3 rings (SSSR count). The van der Waals surface area contributed by atoms with E-state index in [2.05, 4.69) is 30.4 Å². The molecule has 24 heavy (non-hydrogen) atoms. The second-order valence-corrected chi connectivity index (χ2v) is 6.40. The molecule has 9 heteroatoms. The molecule has 0 unspecified atom stereocenters. The number of nitrogens with zero attached hydrogens (tertiary/aromatic N) is 6. The molecule has 0 aliphatic heterocycles. The van der Waals surface area contributed by atoms with Crippen molar-refractivity contribution in [2.45, 2.75) is 32.9 Å². The number of aromatic nitrogens is 6. The molecule has 3 aromatic rings. The number of rotatable bonds is 4. The van der Waals surface area contributed by atoms with Crippen LogP contribution in [0.15, 0.2) is 17.3 Å². The summed E-state index contributed by atoms with van der Waals surface area (Å²) < 4.78 is 1.67. The number of carbonyl (C=O) groups excluding carboxylic acids is 1. The Bertz CT molecular complexity index is 901. The van der Waals surface area contributed by atoms with Gasteiger partial charge in [0.1, 0.15) is 0 Å². The van der Waals surface area contributed by atoms with Crippen molar-refractivity contribution in [3.63, 3.8) is 0 Å². The van der Waals surface area contributed by atoms with Crippen LogP contribution in [0.2, 0.25) is 0 Å².